The Kier molecular flexibility index (Phi) is 9.03. The van der Waals surface area contributed by atoms with Gasteiger partial charge in [0.2, 0.25) is 5.91 Å². The smallest absolute Gasteiger partial charge is 0.303 e. The minimum absolute atomic E-state index is 0.147. The van der Waals surface area contributed by atoms with Crippen LogP contribution < -0.4 is 11.1 Å². The normalized spacial score (nSPS) is 12.1. The van der Waals surface area contributed by atoms with Crippen LogP contribution in [0.4, 0.5) is 0 Å². The summed E-state index contributed by atoms with van der Waals surface area (Å²) in [5.41, 5.74) is 5.65. The van der Waals surface area contributed by atoms with Crippen molar-refractivity contribution >= 4 is 23.6 Å². The maximum absolute atomic E-state index is 11.4. The van der Waals surface area contributed by atoms with Gasteiger partial charge in [-0.3, -0.25) is 9.59 Å². The van der Waals surface area contributed by atoms with E-state index in [4.69, 9.17) is 10.8 Å². The summed E-state index contributed by atoms with van der Waals surface area (Å²) in [4.78, 5) is 21.6. The number of carboxylic acid groups (broad SMARTS) is 1. The zero-order valence-electron chi connectivity index (χ0n) is 9.57. The minimum Gasteiger partial charge on any atom is -0.481 e. The number of carbonyl (C=O) groups excluding carboxylic acids is 1. The Morgan fingerprint density at radius 2 is 2.12 bits per heavy atom. The zero-order chi connectivity index (χ0) is 12.4. The van der Waals surface area contributed by atoms with E-state index in [-0.39, 0.29) is 12.3 Å². The van der Waals surface area contributed by atoms with Crippen molar-refractivity contribution in [2.45, 2.75) is 31.7 Å². The molecule has 0 fully saturated rings. The average Bonchev–Trinajstić information content (AvgIpc) is 2.24. The van der Waals surface area contributed by atoms with Crippen LogP contribution in [0.15, 0.2) is 0 Å². The maximum atomic E-state index is 11.4. The predicted molar refractivity (Wildman–Crippen MR) is 65.5 cm³/mol. The molecule has 0 spiro atoms. The van der Waals surface area contributed by atoms with Gasteiger partial charge in [0.25, 0.3) is 0 Å². The molecule has 16 heavy (non-hydrogen) atoms. The summed E-state index contributed by atoms with van der Waals surface area (Å²) in [5.74, 6) is -0.0829. The second-order valence-corrected chi connectivity index (χ2v) is 4.52. The van der Waals surface area contributed by atoms with E-state index in [2.05, 4.69) is 5.32 Å². The fourth-order valence-electron chi connectivity index (χ4n) is 1.12. The molecule has 4 N–H and O–H groups in total. The third-order valence-corrected chi connectivity index (χ3v) is 2.73. The van der Waals surface area contributed by atoms with Crippen molar-refractivity contribution in [1.82, 2.24) is 5.32 Å². The van der Waals surface area contributed by atoms with E-state index in [9.17, 15) is 9.59 Å². The first-order valence-electron chi connectivity index (χ1n) is 5.32. The topological polar surface area (TPSA) is 92.4 Å². The van der Waals surface area contributed by atoms with Crippen molar-refractivity contribution in [1.29, 1.82) is 0 Å². The van der Waals surface area contributed by atoms with Gasteiger partial charge in [-0.2, -0.15) is 11.8 Å². The second kappa shape index (κ2) is 9.47. The van der Waals surface area contributed by atoms with E-state index in [0.717, 1.165) is 5.75 Å². The van der Waals surface area contributed by atoms with Crippen molar-refractivity contribution in [2.24, 2.45) is 5.73 Å². The number of hydrogen-bond donors (Lipinski definition) is 3. The SMILES string of the molecule is CSCC[C@H](N)C(=O)NCCCCC(=O)O. The molecule has 0 aliphatic carbocycles. The lowest BCUT2D eigenvalue weighted by Crippen LogP contribution is -2.41. The predicted octanol–water partition coefficient (Wildman–Crippen LogP) is 0.438. The Morgan fingerprint density at radius 3 is 2.69 bits per heavy atom. The molecule has 1 atom stereocenters. The number of thioether (sulfide) groups is 1. The molecule has 0 aromatic rings. The molecule has 5 nitrogen and oxygen atoms in total. The summed E-state index contributed by atoms with van der Waals surface area (Å²) in [6.45, 7) is 0.499. The number of hydrogen-bond acceptors (Lipinski definition) is 4. The van der Waals surface area contributed by atoms with Gasteiger partial charge in [-0.1, -0.05) is 0 Å². The van der Waals surface area contributed by atoms with Crippen LogP contribution in [-0.4, -0.2) is 41.6 Å². The molecular formula is C10H20N2O3S. The highest BCUT2D eigenvalue weighted by molar-refractivity contribution is 7.98. The average molecular weight is 248 g/mol. The van der Waals surface area contributed by atoms with Crippen LogP contribution >= 0.6 is 11.8 Å². The molecule has 0 aliphatic heterocycles. The highest BCUT2D eigenvalue weighted by Crippen LogP contribution is 1.99. The van der Waals surface area contributed by atoms with E-state index in [1.54, 1.807) is 11.8 Å². The van der Waals surface area contributed by atoms with Crippen LogP contribution in [0.5, 0.6) is 0 Å². The molecule has 0 aromatic heterocycles. The molecule has 1 amide bonds. The summed E-state index contributed by atoms with van der Waals surface area (Å²) in [7, 11) is 0. The largest absolute Gasteiger partial charge is 0.481 e. The van der Waals surface area contributed by atoms with Crippen molar-refractivity contribution in [3.63, 3.8) is 0 Å². The zero-order valence-corrected chi connectivity index (χ0v) is 10.4. The second-order valence-electron chi connectivity index (χ2n) is 3.53. The summed E-state index contributed by atoms with van der Waals surface area (Å²) in [6.07, 6.45) is 4.04. The van der Waals surface area contributed by atoms with Crippen molar-refractivity contribution in [2.75, 3.05) is 18.6 Å². The maximum Gasteiger partial charge on any atom is 0.303 e. The first kappa shape index (κ1) is 15.2. The number of rotatable bonds is 9. The van der Waals surface area contributed by atoms with Crippen molar-refractivity contribution < 1.29 is 14.7 Å². The van der Waals surface area contributed by atoms with E-state index in [1.807, 2.05) is 6.26 Å². The van der Waals surface area contributed by atoms with Crippen molar-refractivity contribution in [3.05, 3.63) is 0 Å². The minimum atomic E-state index is -0.803. The summed E-state index contributed by atoms with van der Waals surface area (Å²) < 4.78 is 0. The van der Waals surface area contributed by atoms with Gasteiger partial charge in [0.05, 0.1) is 6.04 Å². The van der Waals surface area contributed by atoms with Gasteiger partial charge in [0, 0.05) is 13.0 Å². The number of aliphatic carboxylic acids is 1. The fourth-order valence-corrected chi connectivity index (χ4v) is 1.61. The standard InChI is InChI=1S/C10H20N2O3S/c1-16-7-5-8(11)10(15)12-6-3-2-4-9(13)14/h8H,2-7,11H2,1H3,(H,12,15)(H,13,14)/t8-/m0/s1. The summed E-state index contributed by atoms with van der Waals surface area (Å²) >= 11 is 1.66. The Hall–Kier alpha value is -0.750. The number of amides is 1. The highest BCUT2D eigenvalue weighted by Gasteiger charge is 2.11. The molecule has 0 heterocycles. The van der Waals surface area contributed by atoms with E-state index in [0.29, 0.717) is 25.8 Å². The molecule has 0 bridgehead atoms. The van der Waals surface area contributed by atoms with Crippen molar-refractivity contribution in [3.8, 4) is 0 Å². The van der Waals surface area contributed by atoms with Crippen LogP contribution in [0, 0.1) is 0 Å². The third-order valence-electron chi connectivity index (χ3n) is 2.09. The fraction of sp³-hybridized carbons (Fsp3) is 0.800. The third kappa shape index (κ3) is 8.55. The van der Waals surface area contributed by atoms with Crippen LogP contribution in [-0.2, 0) is 9.59 Å². The Labute approximate surface area is 100 Å². The van der Waals surface area contributed by atoms with Crippen LogP contribution in [0.2, 0.25) is 0 Å². The van der Waals surface area contributed by atoms with Gasteiger partial charge < -0.3 is 16.2 Å². The number of carbonyl (C=O) groups is 2. The van der Waals surface area contributed by atoms with Crippen LogP contribution in [0.3, 0.4) is 0 Å². The van der Waals surface area contributed by atoms with Gasteiger partial charge in [0.1, 0.15) is 0 Å². The molecule has 0 aromatic carbocycles. The van der Waals surface area contributed by atoms with Crippen LogP contribution in [0.25, 0.3) is 0 Å². The number of nitrogens with one attached hydrogen (secondary N) is 1. The summed E-state index contributed by atoms with van der Waals surface area (Å²) in [6, 6.07) is -0.452. The molecule has 0 unspecified atom stereocenters. The van der Waals surface area contributed by atoms with Gasteiger partial charge in [-0.25, -0.2) is 0 Å². The monoisotopic (exact) mass is 248 g/mol. The van der Waals surface area contributed by atoms with Crippen LogP contribution in [0.1, 0.15) is 25.7 Å². The number of unbranched alkanes of at least 4 members (excludes halogenated alkanes) is 1. The van der Waals surface area contributed by atoms with E-state index in [1.165, 1.54) is 0 Å². The highest BCUT2D eigenvalue weighted by atomic mass is 32.2. The Balaban J connectivity index is 3.45. The molecule has 6 heteroatoms. The van der Waals surface area contributed by atoms with Gasteiger partial charge in [-0.05, 0) is 31.3 Å². The lowest BCUT2D eigenvalue weighted by Gasteiger charge is -2.11. The Morgan fingerprint density at radius 1 is 1.44 bits per heavy atom. The molecule has 94 valence electrons. The number of carboxylic acids is 1. The number of nitrogens with two attached hydrogens (primary N) is 1. The molecule has 0 aliphatic rings. The molecule has 0 saturated carbocycles. The first-order chi connectivity index (χ1) is 7.57. The quantitative estimate of drug-likeness (QED) is 0.515. The first-order valence-corrected chi connectivity index (χ1v) is 6.71. The van der Waals surface area contributed by atoms with Gasteiger partial charge in [0.15, 0.2) is 0 Å². The molecule has 0 saturated heterocycles. The summed E-state index contributed by atoms with van der Waals surface area (Å²) in [5, 5.41) is 11.1. The lowest BCUT2D eigenvalue weighted by atomic mass is 10.2. The lowest BCUT2D eigenvalue weighted by molar-refractivity contribution is -0.137. The van der Waals surface area contributed by atoms with E-state index >= 15 is 0 Å². The Bertz CT molecular complexity index is 224. The molecule has 0 rings (SSSR count). The van der Waals surface area contributed by atoms with Gasteiger partial charge >= 0.3 is 5.97 Å². The van der Waals surface area contributed by atoms with E-state index < -0.39 is 12.0 Å². The molecule has 0 radical (unpaired) electrons. The molecular weight excluding hydrogens is 228 g/mol. The van der Waals surface area contributed by atoms with Gasteiger partial charge in [-0.15, -0.1) is 0 Å².